The Bertz CT molecular complexity index is 916. The number of hydroxylamine groups is 1. The SMILES string of the molecule is Cc1cccc(C(=O)N2CC[C@@H](Nc3ncc(C=CC(=O)NO)cc3Cl)C2)c1. The van der Waals surface area contributed by atoms with E-state index in [1.165, 1.54) is 17.6 Å². The number of hydrogen-bond acceptors (Lipinski definition) is 5. The van der Waals surface area contributed by atoms with E-state index in [9.17, 15) is 9.59 Å². The van der Waals surface area contributed by atoms with Crippen molar-refractivity contribution < 1.29 is 14.8 Å². The van der Waals surface area contributed by atoms with Crippen molar-refractivity contribution in [3.05, 3.63) is 64.3 Å². The molecule has 0 radical (unpaired) electrons. The molecule has 1 saturated heterocycles. The molecule has 3 rings (SSSR count). The van der Waals surface area contributed by atoms with Gasteiger partial charge in [0.05, 0.1) is 5.02 Å². The number of hydrogen-bond donors (Lipinski definition) is 3. The number of carbonyl (C=O) groups excluding carboxylic acids is 2. The molecule has 7 nitrogen and oxygen atoms in total. The van der Waals surface area contributed by atoms with Crippen LogP contribution in [0.5, 0.6) is 0 Å². The van der Waals surface area contributed by atoms with Crippen molar-refractivity contribution in [3.63, 3.8) is 0 Å². The van der Waals surface area contributed by atoms with Gasteiger partial charge in [0, 0.05) is 37.0 Å². The third-order valence-electron chi connectivity index (χ3n) is 4.48. The lowest BCUT2D eigenvalue weighted by Crippen LogP contribution is -2.31. The van der Waals surface area contributed by atoms with Crippen molar-refractivity contribution >= 4 is 35.3 Å². The molecule has 3 N–H and O–H groups in total. The lowest BCUT2D eigenvalue weighted by Gasteiger charge is -2.18. The molecule has 0 unspecified atom stereocenters. The molecule has 0 bridgehead atoms. The van der Waals surface area contributed by atoms with E-state index < -0.39 is 5.91 Å². The molecular formula is C20H21ClN4O3. The van der Waals surface area contributed by atoms with E-state index in [1.807, 2.05) is 36.1 Å². The fourth-order valence-corrected chi connectivity index (χ4v) is 3.31. The van der Waals surface area contributed by atoms with Crippen molar-refractivity contribution in [2.24, 2.45) is 0 Å². The lowest BCUT2D eigenvalue weighted by molar-refractivity contribution is -0.124. The van der Waals surface area contributed by atoms with Gasteiger partial charge in [-0.2, -0.15) is 0 Å². The number of likely N-dealkylation sites (tertiary alicyclic amines) is 1. The van der Waals surface area contributed by atoms with Crippen LogP contribution >= 0.6 is 11.6 Å². The summed E-state index contributed by atoms with van der Waals surface area (Å²) in [7, 11) is 0. The first kappa shape index (κ1) is 19.9. The Morgan fingerprint density at radius 3 is 2.89 bits per heavy atom. The number of amides is 2. The number of nitrogens with one attached hydrogen (secondary N) is 2. The third-order valence-corrected chi connectivity index (χ3v) is 4.77. The number of benzene rings is 1. The first-order valence-corrected chi connectivity index (χ1v) is 9.24. The minimum atomic E-state index is -0.636. The molecule has 2 aromatic rings. The fourth-order valence-electron chi connectivity index (χ4n) is 3.08. The van der Waals surface area contributed by atoms with Gasteiger partial charge in [0.15, 0.2) is 0 Å². The second-order valence-electron chi connectivity index (χ2n) is 6.66. The molecule has 2 heterocycles. The molecule has 0 aliphatic carbocycles. The number of aryl methyl sites for hydroxylation is 1. The van der Waals surface area contributed by atoms with Crippen LogP contribution in [0.15, 0.2) is 42.6 Å². The van der Waals surface area contributed by atoms with E-state index in [0.29, 0.717) is 35.1 Å². The molecule has 28 heavy (non-hydrogen) atoms. The Kier molecular flexibility index (Phi) is 6.28. The minimum Gasteiger partial charge on any atom is -0.364 e. The zero-order chi connectivity index (χ0) is 20.1. The quantitative estimate of drug-likeness (QED) is 0.407. The van der Waals surface area contributed by atoms with Crippen molar-refractivity contribution in [2.45, 2.75) is 19.4 Å². The van der Waals surface area contributed by atoms with Crippen LogP contribution in [0.2, 0.25) is 5.02 Å². The maximum absolute atomic E-state index is 12.7. The summed E-state index contributed by atoms with van der Waals surface area (Å²) >= 11 is 6.28. The third kappa shape index (κ3) is 4.88. The summed E-state index contributed by atoms with van der Waals surface area (Å²) in [6.07, 6.45) is 5.03. The first-order valence-electron chi connectivity index (χ1n) is 8.86. The lowest BCUT2D eigenvalue weighted by atomic mass is 10.1. The van der Waals surface area contributed by atoms with E-state index in [0.717, 1.165) is 12.0 Å². The highest BCUT2D eigenvalue weighted by atomic mass is 35.5. The van der Waals surface area contributed by atoms with Gasteiger partial charge in [0.1, 0.15) is 5.82 Å². The van der Waals surface area contributed by atoms with Crippen LogP contribution in [0.1, 0.15) is 27.9 Å². The standard InChI is InChI=1S/C20H21ClN4O3/c1-13-3-2-4-15(9-13)20(27)25-8-7-16(12-25)23-19-17(21)10-14(11-22-19)5-6-18(26)24-28/h2-6,9-11,16,28H,7-8,12H2,1H3,(H,22,23)(H,24,26)/t16-/m1/s1. The average Bonchev–Trinajstić information content (AvgIpc) is 3.16. The van der Waals surface area contributed by atoms with E-state index in [1.54, 1.807) is 12.3 Å². The molecule has 1 aromatic carbocycles. The number of rotatable bonds is 5. The van der Waals surface area contributed by atoms with Crippen molar-refractivity contribution in [1.29, 1.82) is 0 Å². The zero-order valence-electron chi connectivity index (χ0n) is 15.4. The van der Waals surface area contributed by atoms with E-state index in [2.05, 4.69) is 10.3 Å². The Morgan fingerprint density at radius 1 is 1.36 bits per heavy atom. The molecule has 0 spiro atoms. The molecule has 1 aliphatic rings. The molecule has 2 amide bonds. The highest BCUT2D eigenvalue weighted by Crippen LogP contribution is 2.24. The summed E-state index contributed by atoms with van der Waals surface area (Å²) in [5.41, 5.74) is 3.89. The summed E-state index contributed by atoms with van der Waals surface area (Å²) in [6, 6.07) is 9.30. The van der Waals surface area contributed by atoms with Crippen LogP contribution in [0.3, 0.4) is 0 Å². The molecule has 1 fully saturated rings. The van der Waals surface area contributed by atoms with Gasteiger partial charge in [-0.1, -0.05) is 29.3 Å². The number of pyridine rings is 1. The molecule has 146 valence electrons. The maximum Gasteiger partial charge on any atom is 0.267 e. The van der Waals surface area contributed by atoms with Crippen molar-refractivity contribution in [2.75, 3.05) is 18.4 Å². The highest BCUT2D eigenvalue weighted by molar-refractivity contribution is 6.33. The molecule has 1 aromatic heterocycles. The van der Waals surface area contributed by atoms with Gasteiger partial charge >= 0.3 is 0 Å². The van der Waals surface area contributed by atoms with Gasteiger partial charge in [0.2, 0.25) is 0 Å². The van der Waals surface area contributed by atoms with Gasteiger partial charge in [-0.25, -0.2) is 10.5 Å². The molecule has 1 atom stereocenters. The highest BCUT2D eigenvalue weighted by Gasteiger charge is 2.27. The smallest absolute Gasteiger partial charge is 0.267 e. The molecule has 0 saturated carbocycles. The molecule has 1 aliphatic heterocycles. The number of anilines is 1. The molecule has 8 heteroatoms. The second-order valence-corrected chi connectivity index (χ2v) is 7.07. The van der Waals surface area contributed by atoms with Crippen LogP contribution in [0.4, 0.5) is 5.82 Å². The zero-order valence-corrected chi connectivity index (χ0v) is 16.1. The minimum absolute atomic E-state index is 0.0229. The van der Waals surface area contributed by atoms with Crippen LogP contribution in [0, 0.1) is 6.92 Å². The van der Waals surface area contributed by atoms with Crippen LogP contribution < -0.4 is 10.8 Å². The number of nitrogens with zero attached hydrogens (tertiary/aromatic N) is 2. The summed E-state index contributed by atoms with van der Waals surface area (Å²) in [6.45, 7) is 3.20. The van der Waals surface area contributed by atoms with Crippen LogP contribution in [0.25, 0.3) is 6.08 Å². The maximum atomic E-state index is 12.7. The normalized spacial score (nSPS) is 16.4. The second kappa shape index (κ2) is 8.86. The summed E-state index contributed by atoms with van der Waals surface area (Å²) in [5.74, 6) is -0.0855. The molecular weight excluding hydrogens is 380 g/mol. The fraction of sp³-hybridized carbons (Fsp3) is 0.250. The topological polar surface area (TPSA) is 94.6 Å². The average molecular weight is 401 g/mol. The predicted octanol–water partition coefficient (Wildman–Crippen LogP) is 2.89. The predicted molar refractivity (Wildman–Crippen MR) is 107 cm³/mol. The number of carbonyl (C=O) groups is 2. The Morgan fingerprint density at radius 2 is 2.18 bits per heavy atom. The summed E-state index contributed by atoms with van der Waals surface area (Å²) in [4.78, 5) is 29.8. The van der Waals surface area contributed by atoms with Crippen LogP contribution in [-0.4, -0.2) is 46.0 Å². The number of halogens is 1. The Labute approximate surface area is 168 Å². The summed E-state index contributed by atoms with van der Waals surface area (Å²) in [5, 5.41) is 12.2. The van der Waals surface area contributed by atoms with Gasteiger partial charge in [-0.3, -0.25) is 14.8 Å². The Balaban J connectivity index is 1.61. The summed E-state index contributed by atoms with van der Waals surface area (Å²) < 4.78 is 0. The van der Waals surface area contributed by atoms with Gasteiger partial charge in [0.25, 0.3) is 11.8 Å². The van der Waals surface area contributed by atoms with Gasteiger partial charge in [-0.05, 0) is 43.2 Å². The Hall–Kier alpha value is -2.90. The van der Waals surface area contributed by atoms with Crippen molar-refractivity contribution in [1.82, 2.24) is 15.4 Å². The number of aromatic nitrogens is 1. The van der Waals surface area contributed by atoms with Crippen molar-refractivity contribution in [3.8, 4) is 0 Å². The first-order chi connectivity index (χ1) is 13.5. The monoisotopic (exact) mass is 400 g/mol. The van der Waals surface area contributed by atoms with Gasteiger partial charge in [-0.15, -0.1) is 0 Å². The largest absolute Gasteiger partial charge is 0.364 e. The van der Waals surface area contributed by atoms with E-state index in [4.69, 9.17) is 16.8 Å². The van der Waals surface area contributed by atoms with E-state index in [-0.39, 0.29) is 11.9 Å². The van der Waals surface area contributed by atoms with E-state index >= 15 is 0 Å². The van der Waals surface area contributed by atoms with Gasteiger partial charge < -0.3 is 10.2 Å². The van der Waals surface area contributed by atoms with Crippen LogP contribution in [-0.2, 0) is 4.79 Å².